The maximum Gasteiger partial charge on any atom is 0.325 e. The Labute approximate surface area is 179 Å². The molecule has 0 unspecified atom stereocenters. The van der Waals surface area contributed by atoms with Crippen LogP contribution in [0.2, 0.25) is 0 Å². The maximum atomic E-state index is 12.4. The Bertz CT molecular complexity index is 1150. The predicted octanol–water partition coefficient (Wildman–Crippen LogP) is 3.39. The van der Waals surface area contributed by atoms with Crippen LogP contribution in [0.3, 0.4) is 0 Å². The molecule has 0 aliphatic rings. The number of pyridine rings is 1. The van der Waals surface area contributed by atoms with E-state index >= 15 is 0 Å². The number of amides is 1. The maximum absolute atomic E-state index is 12.4. The Kier molecular flexibility index (Phi) is 6.23. The van der Waals surface area contributed by atoms with E-state index in [2.05, 4.69) is 10.3 Å². The van der Waals surface area contributed by atoms with Crippen LogP contribution in [0.1, 0.15) is 21.6 Å². The lowest BCUT2D eigenvalue weighted by atomic mass is 10.2. The van der Waals surface area contributed by atoms with Gasteiger partial charge >= 0.3 is 5.97 Å². The number of rotatable bonds is 8. The van der Waals surface area contributed by atoms with E-state index in [1.807, 2.05) is 65.3 Å². The smallest absolute Gasteiger partial charge is 0.325 e. The molecule has 0 bridgehead atoms. The summed E-state index contributed by atoms with van der Waals surface area (Å²) in [5.41, 5.74) is 2.90. The summed E-state index contributed by atoms with van der Waals surface area (Å²) >= 11 is 0. The van der Waals surface area contributed by atoms with Crippen LogP contribution in [0.4, 0.5) is 0 Å². The average Bonchev–Trinajstić information content (AvgIpc) is 3.24. The van der Waals surface area contributed by atoms with Gasteiger partial charge < -0.3 is 19.2 Å². The van der Waals surface area contributed by atoms with Crippen molar-refractivity contribution in [3.8, 4) is 5.75 Å². The first-order chi connectivity index (χ1) is 15.2. The zero-order valence-corrected chi connectivity index (χ0v) is 16.7. The molecular weight excluding hydrogens is 394 g/mol. The monoisotopic (exact) mass is 415 g/mol. The topological polar surface area (TPSA) is 81.9 Å². The highest BCUT2D eigenvalue weighted by atomic mass is 16.5. The minimum absolute atomic E-state index is 0.169. The lowest BCUT2D eigenvalue weighted by Crippen LogP contribution is -2.30. The minimum atomic E-state index is -0.503. The molecule has 0 fully saturated rings. The molecule has 7 heteroatoms. The first kappa shape index (κ1) is 20.2. The van der Waals surface area contributed by atoms with Crippen molar-refractivity contribution in [3.63, 3.8) is 0 Å². The number of benzene rings is 2. The number of nitrogens with one attached hydrogen (secondary N) is 1. The molecule has 1 amide bonds. The predicted molar refractivity (Wildman–Crippen MR) is 115 cm³/mol. The number of ether oxygens (including phenoxy) is 2. The van der Waals surface area contributed by atoms with Crippen molar-refractivity contribution in [2.24, 2.45) is 0 Å². The molecule has 0 radical (unpaired) electrons. The molecule has 0 spiro atoms. The minimum Gasteiger partial charge on any atom is -0.487 e. The molecule has 156 valence electrons. The van der Waals surface area contributed by atoms with Gasteiger partial charge in [0.15, 0.2) is 0 Å². The quantitative estimate of drug-likeness (QED) is 0.446. The third kappa shape index (κ3) is 5.48. The summed E-state index contributed by atoms with van der Waals surface area (Å²) in [6, 6.07) is 21.9. The first-order valence-electron chi connectivity index (χ1n) is 9.80. The van der Waals surface area contributed by atoms with Gasteiger partial charge in [-0.15, -0.1) is 0 Å². The number of hydrogen-bond donors (Lipinski definition) is 1. The summed E-state index contributed by atoms with van der Waals surface area (Å²) in [7, 11) is 0. The summed E-state index contributed by atoms with van der Waals surface area (Å²) in [5.74, 6) is -0.345. The fourth-order valence-corrected chi connectivity index (χ4v) is 2.98. The fourth-order valence-electron chi connectivity index (χ4n) is 2.98. The van der Waals surface area contributed by atoms with Gasteiger partial charge in [-0.25, -0.2) is 4.98 Å². The lowest BCUT2D eigenvalue weighted by Gasteiger charge is -2.08. The van der Waals surface area contributed by atoms with Crippen LogP contribution in [0, 0.1) is 0 Å². The number of esters is 1. The molecule has 1 N–H and O–H groups in total. The number of fused-ring (bicyclic) bond motifs is 1. The van der Waals surface area contributed by atoms with Crippen molar-refractivity contribution < 1.29 is 19.1 Å². The van der Waals surface area contributed by atoms with Gasteiger partial charge in [0, 0.05) is 18.0 Å². The molecule has 4 aromatic rings. The van der Waals surface area contributed by atoms with Gasteiger partial charge in [0.2, 0.25) is 0 Å². The van der Waals surface area contributed by atoms with Crippen LogP contribution in [-0.2, 0) is 22.7 Å². The Hall–Kier alpha value is -4.13. The number of nitrogens with zero attached hydrogens (tertiary/aromatic N) is 2. The molecule has 2 aromatic heterocycles. The Morgan fingerprint density at radius 3 is 2.61 bits per heavy atom. The number of imidazole rings is 1. The molecular formula is C24H21N3O4. The second-order valence-corrected chi connectivity index (χ2v) is 6.84. The molecule has 0 atom stereocenters. The van der Waals surface area contributed by atoms with Crippen LogP contribution in [0.5, 0.6) is 5.75 Å². The molecule has 31 heavy (non-hydrogen) atoms. The van der Waals surface area contributed by atoms with E-state index in [-0.39, 0.29) is 25.7 Å². The van der Waals surface area contributed by atoms with Crippen LogP contribution >= 0.6 is 0 Å². The van der Waals surface area contributed by atoms with Crippen molar-refractivity contribution in [1.82, 2.24) is 14.7 Å². The van der Waals surface area contributed by atoms with Gasteiger partial charge in [0.25, 0.3) is 5.91 Å². The zero-order valence-electron chi connectivity index (χ0n) is 16.7. The van der Waals surface area contributed by atoms with Crippen LogP contribution < -0.4 is 10.1 Å². The Morgan fingerprint density at radius 1 is 0.935 bits per heavy atom. The van der Waals surface area contributed by atoms with Crippen LogP contribution in [0.15, 0.2) is 85.2 Å². The third-order valence-electron chi connectivity index (χ3n) is 4.53. The molecule has 4 rings (SSSR count). The molecule has 0 saturated carbocycles. The third-order valence-corrected chi connectivity index (χ3v) is 4.53. The molecule has 0 saturated heterocycles. The molecule has 7 nitrogen and oxygen atoms in total. The van der Waals surface area contributed by atoms with Crippen molar-refractivity contribution in [1.29, 1.82) is 0 Å². The van der Waals surface area contributed by atoms with Crippen LogP contribution in [0.25, 0.3) is 5.65 Å². The van der Waals surface area contributed by atoms with Gasteiger partial charge in [-0.2, -0.15) is 0 Å². The van der Waals surface area contributed by atoms with E-state index < -0.39 is 5.97 Å². The SMILES string of the molecule is O=C(CNC(=O)c1cccc(OCc2cn3ccccc3n2)c1)OCc1ccccc1. The number of carbonyl (C=O) groups excluding carboxylic acids is 2. The van der Waals surface area contributed by atoms with Crippen molar-refractivity contribution in [2.75, 3.05) is 6.54 Å². The van der Waals surface area contributed by atoms with Gasteiger partial charge in [-0.05, 0) is 35.9 Å². The van der Waals surface area contributed by atoms with E-state index in [1.165, 1.54) is 0 Å². The summed E-state index contributed by atoms with van der Waals surface area (Å²) < 4.78 is 12.9. The van der Waals surface area contributed by atoms with Crippen molar-refractivity contribution in [2.45, 2.75) is 13.2 Å². The second-order valence-electron chi connectivity index (χ2n) is 6.84. The largest absolute Gasteiger partial charge is 0.487 e. The van der Waals surface area contributed by atoms with E-state index in [0.717, 1.165) is 16.9 Å². The molecule has 2 aromatic carbocycles. The van der Waals surface area contributed by atoms with Crippen LogP contribution in [-0.4, -0.2) is 27.8 Å². The van der Waals surface area contributed by atoms with Gasteiger partial charge in [0.1, 0.15) is 31.2 Å². The van der Waals surface area contributed by atoms with Gasteiger partial charge in [-0.3, -0.25) is 9.59 Å². The second kappa shape index (κ2) is 9.58. The molecule has 0 aliphatic carbocycles. The summed E-state index contributed by atoms with van der Waals surface area (Å²) in [6.07, 6.45) is 3.81. The average molecular weight is 415 g/mol. The Morgan fingerprint density at radius 2 is 1.77 bits per heavy atom. The Balaban J connectivity index is 1.27. The first-order valence-corrected chi connectivity index (χ1v) is 9.80. The number of hydrogen-bond acceptors (Lipinski definition) is 5. The molecule has 0 aliphatic heterocycles. The lowest BCUT2D eigenvalue weighted by molar-refractivity contribution is -0.143. The number of aromatic nitrogens is 2. The van der Waals surface area contributed by atoms with E-state index in [1.54, 1.807) is 24.3 Å². The highest BCUT2D eigenvalue weighted by Crippen LogP contribution is 2.15. The zero-order chi connectivity index (χ0) is 21.5. The highest BCUT2D eigenvalue weighted by Gasteiger charge is 2.10. The van der Waals surface area contributed by atoms with Crippen molar-refractivity contribution >= 4 is 17.5 Å². The van der Waals surface area contributed by atoms with E-state index in [0.29, 0.717) is 11.3 Å². The number of carbonyl (C=O) groups is 2. The fraction of sp³-hybridized carbons (Fsp3) is 0.125. The van der Waals surface area contributed by atoms with Gasteiger partial charge in [0.05, 0.1) is 5.69 Å². The van der Waals surface area contributed by atoms with E-state index in [9.17, 15) is 9.59 Å². The standard InChI is InChI=1S/C24H21N3O4/c28-23(31-16-18-7-2-1-3-8-18)14-25-24(29)19-9-6-10-21(13-19)30-17-20-15-27-12-5-4-11-22(27)26-20/h1-13,15H,14,16-17H2,(H,25,29). The summed E-state index contributed by atoms with van der Waals surface area (Å²) in [4.78, 5) is 28.7. The van der Waals surface area contributed by atoms with E-state index in [4.69, 9.17) is 9.47 Å². The van der Waals surface area contributed by atoms with Crippen molar-refractivity contribution in [3.05, 3.63) is 102 Å². The summed E-state index contributed by atoms with van der Waals surface area (Å²) in [5, 5.41) is 2.57. The highest BCUT2D eigenvalue weighted by molar-refractivity contribution is 5.96. The molecule has 2 heterocycles. The normalized spacial score (nSPS) is 10.6. The summed E-state index contributed by atoms with van der Waals surface area (Å²) in [6.45, 7) is 0.235. The van der Waals surface area contributed by atoms with Gasteiger partial charge in [-0.1, -0.05) is 42.5 Å².